The van der Waals surface area contributed by atoms with E-state index in [0.717, 1.165) is 101 Å². The minimum Gasteiger partial charge on any atom is -0.508 e. The van der Waals surface area contributed by atoms with Gasteiger partial charge in [0.15, 0.2) is 5.82 Å². The van der Waals surface area contributed by atoms with Gasteiger partial charge in [-0.15, -0.1) is 0 Å². The highest BCUT2D eigenvalue weighted by atomic mass is 19.1. The van der Waals surface area contributed by atoms with Crippen LogP contribution < -0.4 is 20.3 Å². The van der Waals surface area contributed by atoms with Gasteiger partial charge in [-0.2, -0.15) is 15.1 Å². The van der Waals surface area contributed by atoms with Crippen LogP contribution in [0.1, 0.15) is 113 Å². The minimum absolute atomic E-state index is 0.00377. The molecule has 8 heterocycles. The van der Waals surface area contributed by atoms with E-state index in [4.69, 9.17) is 19.8 Å². The Morgan fingerprint density at radius 2 is 1.67 bits per heavy atom. The van der Waals surface area contributed by atoms with Crippen molar-refractivity contribution in [3.8, 4) is 23.0 Å². The van der Waals surface area contributed by atoms with Crippen molar-refractivity contribution in [2.45, 2.75) is 120 Å². The fourth-order valence-corrected chi connectivity index (χ4v) is 13.9. The molecule has 2 bridgehead atoms. The highest BCUT2D eigenvalue weighted by molar-refractivity contribution is 6.03. The SMILES string of the molecule is CCc1c(F)ccc2cc(O)cc(-c3ncc4c(N5CC6CCC(C5)N6)nc(OCC5(CN6CCC7(CC6)CC(N6CCC(c8ccc9c(C%10CCC(=O)NC%10=O)nn(C)c9c8)CC6)C7)CC5)nc4c3F)c12. The number of aryl methyl sites for hydroxylation is 2. The van der Waals surface area contributed by atoms with Crippen LogP contribution in [0.4, 0.5) is 14.6 Å². The number of ether oxygens (including phenoxy) is 1. The van der Waals surface area contributed by atoms with Crippen molar-refractivity contribution in [2.75, 3.05) is 57.3 Å². The lowest BCUT2D eigenvalue weighted by atomic mass is 9.59. The maximum atomic E-state index is 17.2. The lowest BCUT2D eigenvalue weighted by Gasteiger charge is -2.56. The molecule has 5 aliphatic heterocycles. The predicted octanol–water partition coefficient (Wildman–Crippen LogP) is 8.02. The van der Waals surface area contributed by atoms with E-state index in [1.807, 2.05) is 18.7 Å². The van der Waals surface area contributed by atoms with Crippen molar-refractivity contribution in [1.29, 1.82) is 0 Å². The molecule has 14 nitrogen and oxygen atoms in total. The molecule has 5 saturated heterocycles. The smallest absolute Gasteiger partial charge is 0.319 e. The Bertz CT molecular complexity index is 3140. The second-order valence-corrected chi connectivity index (χ2v) is 22.8. The molecule has 2 amide bonds. The average Bonchev–Trinajstić information content (AvgIpc) is 3.95. The summed E-state index contributed by atoms with van der Waals surface area (Å²) in [5.41, 5.74) is 4.48. The molecule has 7 fully saturated rings. The van der Waals surface area contributed by atoms with Crippen LogP contribution in [0.15, 0.2) is 48.7 Å². The number of likely N-dealkylation sites (tertiary alicyclic amines) is 2. The van der Waals surface area contributed by atoms with Crippen molar-refractivity contribution in [2.24, 2.45) is 17.9 Å². The van der Waals surface area contributed by atoms with E-state index in [1.165, 1.54) is 43.4 Å². The summed E-state index contributed by atoms with van der Waals surface area (Å²) in [6.07, 6.45) is 14.4. The van der Waals surface area contributed by atoms with Crippen molar-refractivity contribution < 1.29 is 28.2 Å². The predicted molar refractivity (Wildman–Crippen MR) is 271 cm³/mol. The second kappa shape index (κ2) is 17.7. The highest BCUT2D eigenvalue weighted by Gasteiger charge is 2.51. The number of piperidine rings is 3. The monoisotopic (exact) mass is 979 g/mol. The molecule has 72 heavy (non-hydrogen) atoms. The number of nitrogens with zero attached hydrogens (tertiary/aromatic N) is 8. The van der Waals surface area contributed by atoms with Crippen LogP contribution in [0.5, 0.6) is 11.8 Å². The van der Waals surface area contributed by atoms with Crippen LogP contribution in [0.2, 0.25) is 0 Å². The first-order valence-corrected chi connectivity index (χ1v) is 26.6. The Morgan fingerprint density at radius 3 is 2.40 bits per heavy atom. The number of hydrogen-bond acceptors (Lipinski definition) is 12. The first-order chi connectivity index (χ1) is 34.9. The summed E-state index contributed by atoms with van der Waals surface area (Å²) in [5, 5.41) is 24.4. The molecule has 3 atom stereocenters. The summed E-state index contributed by atoms with van der Waals surface area (Å²) in [4.78, 5) is 46.5. The number of carbonyl (C=O) groups is 2. The van der Waals surface area contributed by atoms with Crippen LogP contribution in [-0.2, 0) is 23.1 Å². The number of halogens is 2. The molecule has 3 aromatic heterocycles. The summed E-state index contributed by atoms with van der Waals surface area (Å²) in [6.45, 7) is 9.18. The van der Waals surface area contributed by atoms with Crippen LogP contribution in [0, 0.1) is 22.5 Å². The Labute approximate surface area is 417 Å². The Morgan fingerprint density at radius 1 is 0.889 bits per heavy atom. The molecular weight excluding hydrogens is 915 g/mol. The van der Waals surface area contributed by atoms with Gasteiger partial charge in [0.1, 0.15) is 28.6 Å². The number of aromatic nitrogens is 5. The number of rotatable bonds is 11. The lowest BCUT2D eigenvalue weighted by Crippen LogP contribution is -2.56. The third-order valence-electron chi connectivity index (χ3n) is 18.2. The molecule has 3 aromatic carbocycles. The van der Waals surface area contributed by atoms with E-state index < -0.39 is 11.7 Å². The van der Waals surface area contributed by atoms with Crippen LogP contribution in [-0.4, -0.2) is 122 Å². The molecule has 2 saturated carbocycles. The topological polar surface area (TPSA) is 154 Å². The number of phenolic OH excluding ortho intramolecular Hbond substituents is 1. The summed E-state index contributed by atoms with van der Waals surface area (Å²) in [6, 6.07) is 14.1. The van der Waals surface area contributed by atoms with Gasteiger partial charge in [0.2, 0.25) is 11.8 Å². The van der Waals surface area contributed by atoms with Gasteiger partial charge in [-0.1, -0.05) is 25.1 Å². The number of hydrogen-bond donors (Lipinski definition) is 3. The average molecular weight is 979 g/mol. The fraction of sp³-hybridized carbons (Fsp3) is 0.536. The zero-order chi connectivity index (χ0) is 49.0. The van der Waals surface area contributed by atoms with Crippen molar-refractivity contribution in [3.05, 3.63) is 77.1 Å². The zero-order valence-electron chi connectivity index (χ0n) is 41.4. The minimum atomic E-state index is -0.646. The van der Waals surface area contributed by atoms with Gasteiger partial charge < -0.3 is 29.9 Å². The van der Waals surface area contributed by atoms with Gasteiger partial charge in [-0.3, -0.25) is 24.6 Å². The van der Waals surface area contributed by atoms with Gasteiger partial charge in [0, 0.05) is 73.8 Å². The molecule has 7 aliphatic rings. The van der Waals surface area contributed by atoms with E-state index in [2.05, 4.69) is 48.5 Å². The number of benzene rings is 3. The van der Waals surface area contributed by atoms with E-state index >= 15 is 8.78 Å². The van der Waals surface area contributed by atoms with Crippen molar-refractivity contribution in [1.82, 2.24) is 45.2 Å². The summed E-state index contributed by atoms with van der Waals surface area (Å²) in [5.74, 6) is -0.813. The number of anilines is 1. The van der Waals surface area contributed by atoms with Gasteiger partial charge in [0.05, 0.1) is 29.1 Å². The number of imide groups is 1. The number of piperazine rings is 1. The maximum absolute atomic E-state index is 17.2. The zero-order valence-corrected chi connectivity index (χ0v) is 41.4. The van der Waals surface area contributed by atoms with E-state index in [9.17, 15) is 14.7 Å². The molecular formula is C56H64F2N10O4. The number of fused-ring (bicyclic) bond motifs is 5. The molecule has 13 rings (SSSR count). The Balaban J connectivity index is 0.651. The maximum Gasteiger partial charge on any atom is 0.319 e. The number of aromatic hydroxyl groups is 1. The third-order valence-corrected chi connectivity index (χ3v) is 18.2. The Kier molecular flexibility index (Phi) is 11.3. The summed E-state index contributed by atoms with van der Waals surface area (Å²) in [7, 11) is 1.95. The molecule has 1 spiro atoms. The van der Waals surface area contributed by atoms with Gasteiger partial charge in [-0.25, -0.2) is 8.78 Å². The number of amides is 2. The van der Waals surface area contributed by atoms with Crippen molar-refractivity contribution in [3.63, 3.8) is 0 Å². The highest BCUT2D eigenvalue weighted by Crippen LogP contribution is 2.53. The van der Waals surface area contributed by atoms with E-state index in [0.29, 0.717) is 88.4 Å². The number of pyridine rings is 1. The van der Waals surface area contributed by atoms with E-state index in [1.54, 1.807) is 18.3 Å². The van der Waals surface area contributed by atoms with Crippen LogP contribution >= 0.6 is 0 Å². The van der Waals surface area contributed by atoms with Crippen molar-refractivity contribution >= 4 is 50.2 Å². The molecule has 2 aliphatic carbocycles. The van der Waals surface area contributed by atoms with E-state index in [-0.39, 0.29) is 46.0 Å². The summed E-state index contributed by atoms with van der Waals surface area (Å²) >= 11 is 0. The first-order valence-electron chi connectivity index (χ1n) is 26.6. The van der Waals surface area contributed by atoms with Crippen LogP contribution in [0.25, 0.3) is 43.8 Å². The van der Waals surface area contributed by atoms with Gasteiger partial charge >= 0.3 is 6.01 Å². The normalized spacial score (nSPS) is 24.7. The largest absolute Gasteiger partial charge is 0.508 e. The molecule has 376 valence electrons. The first kappa shape index (κ1) is 46.0. The molecule has 6 aromatic rings. The molecule has 3 N–H and O–H groups in total. The van der Waals surface area contributed by atoms with Crippen LogP contribution in [0.3, 0.4) is 0 Å². The third kappa shape index (κ3) is 8.15. The van der Waals surface area contributed by atoms with Gasteiger partial charge in [-0.05, 0) is 161 Å². The number of nitrogens with one attached hydrogen (secondary N) is 2. The summed E-state index contributed by atoms with van der Waals surface area (Å²) < 4.78 is 40.9. The second-order valence-electron chi connectivity index (χ2n) is 22.8. The van der Waals surface area contributed by atoms with Gasteiger partial charge in [0.25, 0.3) is 0 Å². The lowest BCUT2D eigenvalue weighted by molar-refractivity contribution is -0.134. The molecule has 16 heteroatoms. The standard InChI is InChI=1S/C56H64F2N10O4/c1-3-39-44(57)10-5-34-22-38(69)24-42(47(34)39)50-48(58)51-43(27-59-50)52(68-28-35-6-7-36(29-68)60-35)63-54(62-51)72-31-56(14-15-56)30-66-20-16-55(17-21-66)25-37(26-55)67-18-12-32(13-19-67)33-4-8-40-45(23-33)65(2)64-49(40)41-9-11-46(70)61-53(41)71/h4-5,8,10,22-24,27,32,35-37,41,60,69H,3,6-7,9,11-21,25-26,28-31H2,1-2H3,(H,61,70,71). The Hall–Kier alpha value is -5.84. The molecule has 0 radical (unpaired) electrons. The molecule has 3 unspecified atom stereocenters. The number of phenols is 1. The fourth-order valence-electron chi connectivity index (χ4n) is 13.9. The quantitative estimate of drug-likeness (QED) is 0.108. The number of carbonyl (C=O) groups excluding carboxylic acids is 2.